The van der Waals surface area contributed by atoms with E-state index in [1.54, 1.807) is 31.3 Å². The number of amides is 1. The zero-order valence-corrected chi connectivity index (χ0v) is 19.7. The molecule has 0 spiro atoms. The van der Waals surface area contributed by atoms with E-state index >= 15 is 0 Å². The van der Waals surface area contributed by atoms with E-state index in [1.165, 1.54) is 17.5 Å². The molecule has 8 nitrogen and oxygen atoms in total. The largest absolute Gasteiger partial charge is 0.381 e. The number of hydrogen-bond acceptors (Lipinski definition) is 7. The second-order valence-corrected chi connectivity index (χ2v) is 10.8. The number of nitrogens with one attached hydrogen (secondary N) is 3. The van der Waals surface area contributed by atoms with Crippen LogP contribution in [0.5, 0.6) is 0 Å². The monoisotopic (exact) mass is 486 g/mol. The fourth-order valence-electron chi connectivity index (χ4n) is 3.49. The van der Waals surface area contributed by atoms with Gasteiger partial charge in [0.2, 0.25) is 15.9 Å². The van der Waals surface area contributed by atoms with Crippen molar-refractivity contribution in [2.24, 2.45) is 5.92 Å². The number of ether oxygens (including phenoxy) is 1. The fourth-order valence-corrected chi connectivity index (χ4v) is 5.33. The lowest BCUT2D eigenvalue weighted by molar-refractivity contribution is -0.118. The zero-order chi connectivity index (χ0) is 22.3. The number of thiazole rings is 1. The Hall–Kier alpha value is -1.56. The van der Waals surface area contributed by atoms with E-state index in [4.69, 9.17) is 16.3 Å². The summed E-state index contributed by atoms with van der Waals surface area (Å²) in [6.45, 7) is 2.21. The second-order valence-electron chi connectivity index (χ2n) is 7.37. The van der Waals surface area contributed by atoms with Gasteiger partial charge in [0.05, 0.1) is 17.0 Å². The fraction of sp³-hybridized carbons (Fsp3) is 0.500. The Morgan fingerprint density at radius 2 is 1.97 bits per heavy atom. The summed E-state index contributed by atoms with van der Waals surface area (Å²) in [6.07, 6.45) is 3.94. The molecule has 1 atom stereocenters. The lowest BCUT2D eigenvalue weighted by Crippen LogP contribution is -2.30. The third-order valence-electron chi connectivity index (χ3n) is 5.19. The van der Waals surface area contributed by atoms with Gasteiger partial charge < -0.3 is 15.4 Å². The van der Waals surface area contributed by atoms with Crippen LogP contribution in [0.1, 0.15) is 30.7 Å². The van der Waals surface area contributed by atoms with Crippen LogP contribution in [0.3, 0.4) is 0 Å². The smallest absolute Gasteiger partial charge is 0.240 e. The molecule has 0 bridgehead atoms. The lowest BCUT2D eigenvalue weighted by atomic mass is 9.84. The van der Waals surface area contributed by atoms with E-state index in [0.29, 0.717) is 48.1 Å². The topological polar surface area (TPSA) is 109 Å². The van der Waals surface area contributed by atoms with Gasteiger partial charge in [0.25, 0.3) is 0 Å². The molecule has 2 heterocycles. The van der Waals surface area contributed by atoms with Crippen LogP contribution in [0.2, 0.25) is 4.34 Å². The Labute approximate surface area is 191 Å². The van der Waals surface area contributed by atoms with Crippen LogP contribution in [-0.2, 0) is 19.6 Å². The van der Waals surface area contributed by atoms with E-state index in [0.717, 1.165) is 18.4 Å². The van der Waals surface area contributed by atoms with Crippen molar-refractivity contribution in [3.8, 4) is 0 Å². The van der Waals surface area contributed by atoms with Gasteiger partial charge in [0, 0.05) is 26.3 Å². The van der Waals surface area contributed by atoms with Gasteiger partial charge in [0.15, 0.2) is 5.13 Å². The molecule has 170 valence electrons. The number of carbonyl (C=O) groups is 1. The highest BCUT2D eigenvalue weighted by Crippen LogP contribution is 2.32. The van der Waals surface area contributed by atoms with Gasteiger partial charge in [-0.3, -0.25) is 4.79 Å². The van der Waals surface area contributed by atoms with Crippen molar-refractivity contribution < 1.29 is 17.9 Å². The Morgan fingerprint density at radius 3 is 2.58 bits per heavy atom. The molecule has 0 saturated carbocycles. The van der Waals surface area contributed by atoms with Gasteiger partial charge in [-0.2, -0.15) is 0 Å². The van der Waals surface area contributed by atoms with Gasteiger partial charge in [-0.1, -0.05) is 35.1 Å². The highest BCUT2D eigenvalue weighted by molar-refractivity contribution is 7.89. The van der Waals surface area contributed by atoms with Crippen LogP contribution in [0.15, 0.2) is 35.4 Å². The molecule has 1 fully saturated rings. The molecule has 1 saturated heterocycles. The molecular formula is C20H27ClN4O4S2. The van der Waals surface area contributed by atoms with Crippen molar-refractivity contribution in [3.05, 3.63) is 40.4 Å². The van der Waals surface area contributed by atoms with Gasteiger partial charge in [-0.25, -0.2) is 18.1 Å². The van der Waals surface area contributed by atoms with Crippen molar-refractivity contribution in [1.29, 1.82) is 0 Å². The highest BCUT2D eigenvalue weighted by atomic mass is 35.5. The van der Waals surface area contributed by atoms with Crippen LogP contribution < -0.4 is 15.4 Å². The SMILES string of the molecule is CNCCNS(=O)(=O)c1ccc(C(CC2CCOCC2)C(=O)Nc2ncc(Cl)s2)cc1. The number of sulfonamides is 1. The van der Waals surface area contributed by atoms with E-state index in [2.05, 4.69) is 20.3 Å². The maximum Gasteiger partial charge on any atom is 0.240 e. The van der Waals surface area contributed by atoms with Crippen LogP contribution in [0, 0.1) is 5.92 Å². The predicted octanol–water partition coefficient (Wildman–Crippen LogP) is 2.83. The Balaban J connectivity index is 1.78. The minimum absolute atomic E-state index is 0.171. The number of halogens is 1. The molecule has 1 unspecified atom stereocenters. The lowest BCUT2D eigenvalue weighted by Gasteiger charge is -2.26. The van der Waals surface area contributed by atoms with E-state index < -0.39 is 15.9 Å². The Bertz CT molecular complexity index is 960. The molecule has 0 aliphatic carbocycles. The number of nitrogens with zero attached hydrogens (tertiary/aromatic N) is 1. The second kappa shape index (κ2) is 11.3. The minimum atomic E-state index is -3.60. The van der Waals surface area contributed by atoms with Crippen LogP contribution >= 0.6 is 22.9 Å². The number of carbonyl (C=O) groups excluding carboxylic acids is 1. The standard InChI is InChI=1S/C20H27ClN4O4S2/c1-22-8-9-24-31(27,28)16-4-2-15(3-5-16)17(12-14-6-10-29-11-7-14)19(26)25-20-23-13-18(21)30-20/h2-5,13-14,17,22,24H,6-12H2,1H3,(H,23,25,26). The normalized spacial score (nSPS) is 16.2. The maximum absolute atomic E-state index is 13.1. The molecule has 1 aromatic heterocycles. The van der Waals surface area contributed by atoms with E-state index in [-0.39, 0.29) is 10.8 Å². The number of likely N-dealkylation sites (N-methyl/N-ethyl adjacent to an activating group) is 1. The molecule has 2 aromatic rings. The maximum atomic E-state index is 13.1. The number of benzene rings is 1. The minimum Gasteiger partial charge on any atom is -0.381 e. The van der Waals surface area contributed by atoms with E-state index in [1.807, 2.05) is 0 Å². The zero-order valence-electron chi connectivity index (χ0n) is 17.3. The number of aromatic nitrogens is 1. The summed E-state index contributed by atoms with van der Waals surface area (Å²) in [7, 11) is -1.84. The quantitative estimate of drug-likeness (QED) is 0.445. The molecular weight excluding hydrogens is 460 g/mol. The molecule has 31 heavy (non-hydrogen) atoms. The van der Waals surface area contributed by atoms with Crippen LogP contribution in [-0.4, -0.2) is 52.7 Å². The molecule has 0 radical (unpaired) electrons. The first kappa shape index (κ1) is 24.1. The highest BCUT2D eigenvalue weighted by Gasteiger charge is 2.27. The summed E-state index contributed by atoms with van der Waals surface area (Å²) in [4.78, 5) is 17.4. The summed E-state index contributed by atoms with van der Waals surface area (Å²) < 4.78 is 33.3. The van der Waals surface area contributed by atoms with Crippen molar-refractivity contribution in [2.75, 3.05) is 38.7 Å². The van der Waals surface area contributed by atoms with Crippen LogP contribution in [0.4, 0.5) is 5.13 Å². The van der Waals surface area contributed by atoms with Gasteiger partial charge in [-0.15, -0.1) is 0 Å². The Morgan fingerprint density at radius 1 is 1.26 bits per heavy atom. The molecule has 1 aromatic carbocycles. The summed E-state index contributed by atoms with van der Waals surface area (Å²) in [6, 6.07) is 6.51. The molecule has 3 rings (SSSR count). The van der Waals surface area contributed by atoms with Crippen LogP contribution in [0.25, 0.3) is 0 Å². The van der Waals surface area contributed by atoms with Crippen molar-refractivity contribution >= 4 is 44.0 Å². The predicted molar refractivity (Wildman–Crippen MR) is 122 cm³/mol. The first-order valence-electron chi connectivity index (χ1n) is 10.1. The molecule has 3 N–H and O–H groups in total. The average molecular weight is 487 g/mol. The molecule has 1 aliphatic heterocycles. The number of hydrogen-bond donors (Lipinski definition) is 3. The summed E-state index contributed by atoms with van der Waals surface area (Å²) in [5.41, 5.74) is 0.765. The third kappa shape index (κ3) is 6.96. The first-order chi connectivity index (χ1) is 14.9. The molecule has 1 aliphatic rings. The molecule has 11 heteroatoms. The first-order valence-corrected chi connectivity index (χ1v) is 12.8. The summed E-state index contributed by atoms with van der Waals surface area (Å²) in [5.74, 6) is -0.254. The summed E-state index contributed by atoms with van der Waals surface area (Å²) >= 11 is 7.13. The number of rotatable bonds is 10. The Kier molecular flexibility index (Phi) is 8.82. The van der Waals surface area contributed by atoms with Crippen molar-refractivity contribution in [2.45, 2.75) is 30.1 Å². The van der Waals surface area contributed by atoms with Gasteiger partial charge >= 0.3 is 0 Å². The number of anilines is 1. The summed E-state index contributed by atoms with van der Waals surface area (Å²) in [5, 5.41) is 6.19. The third-order valence-corrected chi connectivity index (χ3v) is 7.70. The molecule has 1 amide bonds. The van der Waals surface area contributed by atoms with Gasteiger partial charge in [0.1, 0.15) is 4.34 Å². The van der Waals surface area contributed by atoms with Crippen molar-refractivity contribution in [3.63, 3.8) is 0 Å². The average Bonchev–Trinajstić information content (AvgIpc) is 3.17. The van der Waals surface area contributed by atoms with Crippen molar-refractivity contribution in [1.82, 2.24) is 15.0 Å². The van der Waals surface area contributed by atoms with Gasteiger partial charge in [-0.05, 0) is 49.9 Å². The van der Waals surface area contributed by atoms with E-state index in [9.17, 15) is 13.2 Å².